The van der Waals surface area contributed by atoms with Gasteiger partial charge >= 0.3 is 5.97 Å². The zero-order valence-corrected chi connectivity index (χ0v) is 12.2. The molecule has 0 saturated heterocycles. The van der Waals surface area contributed by atoms with Crippen LogP contribution in [0.15, 0.2) is 54.1 Å². The molecule has 2 aromatic carbocycles. The molecule has 7 heteroatoms. The smallest absolute Gasteiger partial charge is 0.343 e. The van der Waals surface area contributed by atoms with Crippen molar-refractivity contribution < 1.29 is 14.5 Å². The average Bonchev–Trinajstić information content (AvgIpc) is 2.61. The fourth-order valence-electron chi connectivity index (χ4n) is 1.82. The zero-order chi connectivity index (χ0) is 17.5. The Morgan fingerprint density at radius 2 is 1.71 bits per heavy atom. The number of hydrogen-bond acceptors (Lipinski definition) is 6. The molecule has 2 aromatic rings. The summed E-state index contributed by atoms with van der Waals surface area (Å²) in [6.45, 7) is 0. The summed E-state index contributed by atoms with van der Waals surface area (Å²) in [5.74, 6) is -0.537. The van der Waals surface area contributed by atoms with E-state index in [1.54, 1.807) is 30.3 Å². The molecule has 0 fully saturated rings. The van der Waals surface area contributed by atoms with Gasteiger partial charge in [0.05, 0.1) is 10.5 Å². The first-order chi connectivity index (χ1) is 11.5. The largest absolute Gasteiger partial charge is 0.422 e. The van der Waals surface area contributed by atoms with E-state index in [1.807, 2.05) is 0 Å². The molecule has 0 spiro atoms. The number of benzene rings is 2. The number of nitrogens with zero attached hydrogens (tertiary/aromatic N) is 3. The third kappa shape index (κ3) is 3.81. The lowest BCUT2D eigenvalue weighted by Gasteiger charge is -2.07. The lowest BCUT2D eigenvalue weighted by molar-refractivity contribution is -0.384. The molecule has 0 N–H and O–H groups in total. The highest BCUT2D eigenvalue weighted by molar-refractivity contribution is 5.91. The van der Waals surface area contributed by atoms with Crippen molar-refractivity contribution >= 4 is 17.7 Å². The highest BCUT2D eigenvalue weighted by Gasteiger charge is 2.13. The van der Waals surface area contributed by atoms with Gasteiger partial charge in [0.25, 0.3) is 5.69 Å². The van der Waals surface area contributed by atoms with Crippen LogP contribution in [0.25, 0.3) is 6.08 Å². The van der Waals surface area contributed by atoms with E-state index in [9.17, 15) is 14.9 Å². The van der Waals surface area contributed by atoms with Gasteiger partial charge in [-0.05, 0) is 24.3 Å². The summed E-state index contributed by atoms with van der Waals surface area (Å²) in [7, 11) is 0. The second kappa shape index (κ2) is 7.34. The van der Waals surface area contributed by atoms with Gasteiger partial charge in [0.2, 0.25) is 0 Å². The van der Waals surface area contributed by atoms with Gasteiger partial charge in [-0.15, -0.1) is 0 Å². The van der Waals surface area contributed by atoms with Crippen molar-refractivity contribution in [1.82, 2.24) is 0 Å². The number of carbonyl (C=O) groups excluding carboxylic acids is 1. The predicted molar refractivity (Wildman–Crippen MR) is 83.7 cm³/mol. The number of carbonyl (C=O) groups is 1. The van der Waals surface area contributed by atoms with Crippen molar-refractivity contribution in [3.8, 4) is 17.9 Å². The first-order valence-corrected chi connectivity index (χ1v) is 6.62. The maximum absolute atomic E-state index is 12.1. The minimum Gasteiger partial charge on any atom is -0.422 e. The van der Waals surface area contributed by atoms with Gasteiger partial charge in [0.15, 0.2) is 0 Å². The van der Waals surface area contributed by atoms with Crippen LogP contribution >= 0.6 is 0 Å². The molecule has 7 nitrogen and oxygen atoms in total. The van der Waals surface area contributed by atoms with Crippen LogP contribution in [-0.4, -0.2) is 10.9 Å². The van der Waals surface area contributed by atoms with E-state index in [0.29, 0.717) is 5.56 Å². The molecule has 24 heavy (non-hydrogen) atoms. The molecule has 0 unspecified atom stereocenters. The van der Waals surface area contributed by atoms with Gasteiger partial charge in [-0.25, -0.2) is 4.79 Å². The molecule has 2 rings (SSSR count). The minimum atomic E-state index is -0.707. The Bertz CT molecular complexity index is 887. The van der Waals surface area contributed by atoms with Crippen LogP contribution in [0.2, 0.25) is 0 Å². The third-order valence-corrected chi connectivity index (χ3v) is 2.98. The Hall–Kier alpha value is -3.97. The van der Waals surface area contributed by atoms with Crippen LogP contribution in [0.3, 0.4) is 0 Å². The summed E-state index contributed by atoms with van der Waals surface area (Å²) in [5, 5.41) is 28.2. The number of hydrogen-bond donors (Lipinski definition) is 0. The van der Waals surface area contributed by atoms with Gasteiger partial charge in [0.1, 0.15) is 23.5 Å². The van der Waals surface area contributed by atoms with Crippen molar-refractivity contribution in [2.45, 2.75) is 0 Å². The standard InChI is InChI=1S/C17H9N3O4/c18-10-12(11-19)9-14-3-1-2-4-16(14)24-17(21)13-5-7-15(8-6-13)20(22)23/h1-9H. The quantitative estimate of drug-likeness (QED) is 0.281. The SMILES string of the molecule is N#CC(C#N)=Cc1ccccc1OC(=O)c1ccc([N+](=O)[O-])cc1. The van der Waals surface area contributed by atoms with E-state index in [2.05, 4.69) is 0 Å². The Morgan fingerprint density at radius 3 is 2.29 bits per heavy atom. The summed E-state index contributed by atoms with van der Waals surface area (Å²) in [5.41, 5.74) is 0.266. The van der Waals surface area contributed by atoms with Crippen LogP contribution in [0.4, 0.5) is 5.69 Å². The van der Waals surface area contributed by atoms with Crippen LogP contribution in [0, 0.1) is 32.8 Å². The van der Waals surface area contributed by atoms with E-state index in [0.717, 1.165) is 0 Å². The van der Waals surface area contributed by atoms with Gasteiger partial charge < -0.3 is 4.74 Å². The molecule has 0 aliphatic heterocycles. The second-order valence-electron chi connectivity index (χ2n) is 4.51. The number of nitro groups is 1. The Kier molecular flexibility index (Phi) is 5.02. The van der Waals surface area contributed by atoms with Crippen molar-refractivity contribution in [2.24, 2.45) is 0 Å². The lowest BCUT2D eigenvalue weighted by atomic mass is 10.1. The minimum absolute atomic E-state index is 0.131. The number of para-hydroxylation sites is 1. The van der Waals surface area contributed by atoms with Gasteiger partial charge in [-0.1, -0.05) is 18.2 Å². The number of allylic oxidation sites excluding steroid dienone is 1. The fourth-order valence-corrected chi connectivity index (χ4v) is 1.82. The number of non-ortho nitro benzene ring substituents is 1. The topological polar surface area (TPSA) is 117 Å². The van der Waals surface area contributed by atoms with Gasteiger partial charge in [0, 0.05) is 17.7 Å². The van der Waals surface area contributed by atoms with Crippen molar-refractivity contribution in [3.05, 3.63) is 75.3 Å². The van der Waals surface area contributed by atoms with Crippen molar-refractivity contribution in [2.75, 3.05) is 0 Å². The molecule has 0 aliphatic rings. The molecule has 0 heterocycles. The molecular formula is C17H9N3O4. The first kappa shape index (κ1) is 16.4. The number of nitriles is 2. The van der Waals surface area contributed by atoms with E-state index in [4.69, 9.17) is 15.3 Å². The summed E-state index contributed by atoms with van der Waals surface area (Å²) in [4.78, 5) is 22.2. The summed E-state index contributed by atoms with van der Waals surface area (Å²) in [6, 6.07) is 14.8. The first-order valence-electron chi connectivity index (χ1n) is 6.62. The van der Waals surface area contributed by atoms with Crippen LogP contribution < -0.4 is 4.74 Å². The van der Waals surface area contributed by atoms with Crippen LogP contribution in [0.5, 0.6) is 5.75 Å². The average molecular weight is 319 g/mol. The maximum Gasteiger partial charge on any atom is 0.343 e. The molecule has 0 bridgehead atoms. The molecular weight excluding hydrogens is 310 g/mol. The highest BCUT2D eigenvalue weighted by Crippen LogP contribution is 2.22. The molecule has 0 aromatic heterocycles. The molecule has 0 aliphatic carbocycles. The molecule has 0 radical (unpaired) electrons. The Balaban J connectivity index is 2.27. The number of rotatable bonds is 4. The fraction of sp³-hybridized carbons (Fsp3) is 0. The molecule has 116 valence electrons. The van der Waals surface area contributed by atoms with E-state index >= 15 is 0 Å². The van der Waals surface area contributed by atoms with Crippen LogP contribution in [-0.2, 0) is 0 Å². The Labute approximate surface area is 136 Å². The summed E-state index contributed by atoms with van der Waals surface area (Å²) in [6.07, 6.45) is 1.30. The number of ether oxygens (including phenoxy) is 1. The van der Waals surface area contributed by atoms with Crippen molar-refractivity contribution in [3.63, 3.8) is 0 Å². The predicted octanol–water partition coefficient (Wildman–Crippen LogP) is 3.24. The molecule has 0 saturated carbocycles. The summed E-state index contributed by atoms with van der Waals surface area (Å²) < 4.78 is 5.25. The van der Waals surface area contributed by atoms with E-state index < -0.39 is 10.9 Å². The van der Waals surface area contributed by atoms with Crippen LogP contribution in [0.1, 0.15) is 15.9 Å². The van der Waals surface area contributed by atoms with Gasteiger partial charge in [-0.2, -0.15) is 10.5 Å². The summed E-state index contributed by atoms with van der Waals surface area (Å²) >= 11 is 0. The normalized spacial score (nSPS) is 9.25. The van der Waals surface area contributed by atoms with Crippen molar-refractivity contribution in [1.29, 1.82) is 10.5 Å². The molecule has 0 amide bonds. The second-order valence-corrected chi connectivity index (χ2v) is 4.51. The molecule has 0 atom stereocenters. The van der Waals surface area contributed by atoms with Gasteiger partial charge in [-0.3, -0.25) is 10.1 Å². The number of esters is 1. The third-order valence-electron chi connectivity index (χ3n) is 2.98. The monoisotopic (exact) mass is 319 g/mol. The maximum atomic E-state index is 12.1. The van der Waals surface area contributed by atoms with E-state index in [-0.39, 0.29) is 22.6 Å². The van der Waals surface area contributed by atoms with E-state index in [1.165, 1.54) is 36.4 Å². The highest BCUT2D eigenvalue weighted by atomic mass is 16.6. The lowest BCUT2D eigenvalue weighted by Crippen LogP contribution is -2.09. The zero-order valence-electron chi connectivity index (χ0n) is 12.2. The Morgan fingerprint density at radius 1 is 1.08 bits per heavy atom. The number of nitro benzene ring substituents is 1.